The average molecular weight is 278 g/mol. The van der Waals surface area contributed by atoms with E-state index < -0.39 is 0 Å². The van der Waals surface area contributed by atoms with E-state index in [4.69, 9.17) is 5.73 Å². The van der Waals surface area contributed by atoms with Gasteiger partial charge in [0.1, 0.15) is 0 Å². The Morgan fingerprint density at radius 1 is 0.950 bits per heavy atom. The maximum Gasteiger partial charge on any atom is 0.197 e. The molecule has 0 fully saturated rings. The van der Waals surface area contributed by atoms with Crippen LogP contribution in [0.5, 0.6) is 0 Å². The number of carbonyl (C=O) groups excluding carboxylic acids is 1. The number of aromatic nitrogens is 1. The van der Waals surface area contributed by atoms with E-state index in [0.29, 0.717) is 10.6 Å². The maximum absolute atomic E-state index is 12.5. The zero-order valence-electron chi connectivity index (χ0n) is 10.5. The highest BCUT2D eigenvalue weighted by atomic mass is 32.1. The second-order valence-corrected chi connectivity index (χ2v) is 5.71. The Kier molecular flexibility index (Phi) is 2.28. The summed E-state index contributed by atoms with van der Waals surface area (Å²) in [7, 11) is 0. The quantitative estimate of drug-likeness (QED) is 0.578. The smallest absolute Gasteiger partial charge is 0.197 e. The van der Waals surface area contributed by atoms with Crippen molar-refractivity contribution >= 4 is 22.1 Å². The molecule has 0 saturated heterocycles. The van der Waals surface area contributed by atoms with Crippen molar-refractivity contribution in [2.24, 2.45) is 0 Å². The first-order valence-corrected chi connectivity index (χ1v) is 7.06. The fourth-order valence-electron chi connectivity index (χ4n) is 2.67. The summed E-state index contributed by atoms with van der Waals surface area (Å²) in [5.41, 5.74) is 10.5. The Labute approximate surface area is 119 Å². The van der Waals surface area contributed by atoms with Crippen molar-refractivity contribution in [3.8, 4) is 21.6 Å². The van der Waals surface area contributed by atoms with Gasteiger partial charge in [-0.2, -0.15) is 0 Å². The van der Waals surface area contributed by atoms with E-state index in [-0.39, 0.29) is 5.78 Å². The lowest BCUT2D eigenvalue weighted by Gasteiger charge is -2.02. The average Bonchev–Trinajstić information content (AvgIpc) is 2.98. The maximum atomic E-state index is 12.5. The van der Waals surface area contributed by atoms with Gasteiger partial charge in [-0.25, -0.2) is 0 Å². The molecule has 0 aliphatic heterocycles. The molecular weight excluding hydrogens is 268 g/mol. The van der Waals surface area contributed by atoms with E-state index in [1.165, 1.54) is 11.3 Å². The summed E-state index contributed by atoms with van der Waals surface area (Å²) in [5, 5.41) is 0.591. The topological polar surface area (TPSA) is 56.0 Å². The number of ketones is 1. The van der Waals surface area contributed by atoms with Crippen LogP contribution in [-0.4, -0.2) is 10.8 Å². The highest BCUT2D eigenvalue weighted by molar-refractivity contribution is 7.20. The van der Waals surface area contributed by atoms with Crippen LogP contribution in [0, 0.1) is 0 Å². The lowest BCUT2D eigenvalue weighted by molar-refractivity contribution is 0.104. The van der Waals surface area contributed by atoms with Crippen LogP contribution in [0.25, 0.3) is 21.6 Å². The van der Waals surface area contributed by atoms with Gasteiger partial charge < -0.3 is 5.73 Å². The van der Waals surface area contributed by atoms with Gasteiger partial charge in [-0.1, -0.05) is 24.3 Å². The molecular formula is C16H10N2OS. The third-order valence-corrected chi connectivity index (χ3v) is 4.61. The van der Waals surface area contributed by atoms with Crippen LogP contribution in [0.15, 0.2) is 48.8 Å². The number of fused-ring (bicyclic) bond motifs is 3. The van der Waals surface area contributed by atoms with E-state index >= 15 is 0 Å². The standard InChI is InChI=1S/C16H10N2OS/c17-16-13-12(10-3-1-2-4-11(10)14(13)19)15(20-16)9-5-7-18-8-6-9/h1-8H,17H2. The largest absolute Gasteiger partial charge is 0.390 e. The first-order valence-electron chi connectivity index (χ1n) is 6.24. The van der Waals surface area contributed by atoms with Crippen LogP contribution in [0.1, 0.15) is 15.9 Å². The Hall–Kier alpha value is -2.46. The first-order chi connectivity index (χ1) is 9.77. The minimum atomic E-state index is 0.0321. The van der Waals surface area contributed by atoms with E-state index in [2.05, 4.69) is 4.98 Å². The van der Waals surface area contributed by atoms with Gasteiger partial charge in [0.2, 0.25) is 0 Å². The minimum Gasteiger partial charge on any atom is -0.390 e. The van der Waals surface area contributed by atoms with Gasteiger partial charge in [-0.05, 0) is 23.3 Å². The van der Waals surface area contributed by atoms with Gasteiger partial charge in [0, 0.05) is 28.4 Å². The minimum absolute atomic E-state index is 0.0321. The van der Waals surface area contributed by atoms with Crippen molar-refractivity contribution in [2.45, 2.75) is 0 Å². The second-order valence-electron chi connectivity index (χ2n) is 4.66. The molecule has 96 valence electrons. The van der Waals surface area contributed by atoms with Crippen LogP contribution in [0.3, 0.4) is 0 Å². The molecule has 2 aromatic heterocycles. The van der Waals surface area contributed by atoms with Crippen LogP contribution in [-0.2, 0) is 0 Å². The normalized spacial score (nSPS) is 12.3. The number of hydrogen-bond acceptors (Lipinski definition) is 4. The number of hydrogen-bond donors (Lipinski definition) is 1. The predicted molar refractivity (Wildman–Crippen MR) is 80.8 cm³/mol. The van der Waals surface area contributed by atoms with Gasteiger partial charge >= 0.3 is 0 Å². The number of pyridine rings is 1. The molecule has 0 unspecified atom stereocenters. The molecule has 0 atom stereocenters. The Morgan fingerprint density at radius 2 is 1.65 bits per heavy atom. The molecule has 0 amide bonds. The van der Waals surface area contributed by atoms with Crippen molar-refractivity contribution in [1.82, 2.24) is 4.98 Å². The molecule has 2 N–H and O–H groups in total. The second kappa shape index (κ2) is 4.02. The molecule has 0 spiro atoms. The van der Waals surface area contributed by atoms with Crippen molar-refractivity contribution in [1.29, 1.82) is 0 Å². The molecule has 0 bridgehead atoms. The zero-order valence-corrected chi connectivity index (χ0v) is 11.3. The summed E-state index contributed by atoms with van der Waals surface area (Å²) in [6.07, 6.45) is 3.50. The lowest BCUT2D eigenvalue weighted by Crippen LogP contribution is -1.97. The third-order valence-electron chi connectivity index (χ3n) is 3.55. The summed E-state index contributed by atoms with van der Waals surface area (Å²) < 4.78 is 0. The summed E-state index contributed by atoms with van der Waals surface area (Å²) in [6, 6.07) is 11.6. The molecule has 20 heavy (non-hydrogen) atoms. The summed E-state index contributed by atoms with van der Waals surface area (Å²) in [5.74, 6) is 0.0321. The number of benzene rings is 1. The molecule has 0 saturated carbocycles. The summed E-state index contributed by atoms with van der Waals surface area (Å²) >= 11 is 1.47. The number of rotatable bonds is 1. The predicted octanol–water partition coefficient (Wildman–Crippen LogP) is 3.60. The molecule has 3 nitrogen and oxygen atoms in total. The van der Waals surface area contributed by atoms with Gasteiger partial charge in [-0.15, -0.1) is 11.3 Å². The lowest BCUT2D eigenvalue weighted by atomic mass is 10.0. The van der Waals surface area contributed by atoms with Gasteiger partial charge in [0.05, 0.1) is 10.6 Å². The monoisotopic (exact) mass is 278 g/mol. The Balaban J connectivity index is 2.07. The van der Waals surface area contributed by atoms with Crippen molar-refractivity contribution in [2.75, 3.05) is 5.73 Å². The molecule has 4 heteroatoms. The Bertz CT molecular complexity index is 837. The number of anilines is 1. The highest BCUT2D eigenvalue weighted by Crippen LogP contribution is 2.50. The summed E-state index contributed by atoms with van der Waals surface area (Å²) in [6.45, 7) is 0. The molecule has 0 radical (unpaired) electrons. The molecule has 1 aromatic carbocycles. The van der Waals surface area contributed by atoms with Crippen molar-refractivity contribution in [3.05, 3.63) is 59.9 Å². The molecule has 4 rings (SSSR count). The van der Waals surface area contributed by atoms with Crippen molar-refractivity contribution in [3.63, 3.8) is 0 Å². The van der Waals surface area contributed by atoms with E-state index in [9.17, 15) is 4.79 Å². The van der Waals surface area contributed by atoms with Crippen molar-refractivity contribution < 1.29 is 4.79 Å². The fraction of sp³-hybridized carbons (Fsp3) is 0. The van der Waals surface area contributed by atoms with E-state index in [1.807, 2.05) is 36.4 Å². The van der Waals surface area contributed by atoms with Gasteiger partial charge in [0.15, 0.2) is 5.78 Å². The van der Waals surface area contributed by atoms with Gasteiger partial charge in [-0.3, -0.25) is 9.78 Å². The molecule has 1 aliphatic carbocycles. The molecule has 3 aromatic rings. The van der Waals surface area contributed by atoms with Crippen LogP contribution in [0.4, 0.5) is 5.00 Å². The number of nitrogen functional groups attached to an aromatic ring is 1. The van der Waals surface area contributed by atoms with E-state index in [1.54, 1.807) is 12.4 Å². The SMILES string of the molecule is Nc1sc(-c2ccncc2)c2c1C(=O)c1ccccc1-2. The third kappa shape index (κ3) is 1.39. The molecule has 1 aliphatic rings. The number of thiophene rings is 1. The van der Waals surface area contributed by atoms with Crippen LogP contribution in [0.2, 0.25) is 0 Å². The summed E-state index contributed by atoms with van der Waals surface area (Å²) in [4.78, 5) is 17.5. The number of nitrogens with zero attached hydrogens (tertiary/aromatic N) is 1. The first kappa shape index (κ1) is 11.4. The van der Waals surface area contributed by atoms with E-state index in [0.717, 1.165) is 27.1 Å². The Morgan fingerprint density at radius 3 is 2.40 bits per heavy atom. The van der Waals surface area contributed by atoms with Gasteiger partial charge in [0.25, 0.3) is 0 Å². The number of nitrogens with two attached hydrogens (primary N) is 1. The molecule has 2 heterocycles. The number of carbonyl (C=O) groups is 1. The van der Waals surface area contributed by atoms with Crippen LogP contribution >= 0.6 is 11.3 Å². The highest BCUT2D eigenvalue weighted by Gasteiger charge is 2.33. The fourth-order valence-corrected chi connectivity index (χ4v) is 3.76. The van der Waals surface area contributed by atoms with Crippen LogP contribution < -0.4 is 5.73 Å². The zero-order chi connectivity index (χ0) is 13.7.